The zero-order valence-electron chi connectivity index (χ0n) is 10.3. The van der Waals surface area contributed by atoms with Crippen LogP contribution in [0.1, 0.15) is 18.4 Å². The summed E-state index contributed by atoms with van der Waals surface area (Å²) in [5, 5.41) is 0. The molecule has 0 bridgehead atoms. The van der Waals surface area contributed by atoms with Crippen molar-refractivity contribution >= 4 is 10.0 Å². The highest BCUT2D eigenvalue weighted by atomic mass is 32.2. The highest BCUT2D eigenvalue weighted by Gasteiger charge is 2.32. The first-order valence-electron chi connectivity index (χ1n) is 6.22. The van der Waals surface area contributed by atoms with E-state index in [0.29, 0.717) is 19.5 Å². The fourth-order valence-electron chi connectivity index (χ4n) is 2.32. The summed E-state index contributed by atoms with van der Waals surface area (Å²) in [4.78, 5) is 3.92. The van der Waals surface area contributed by atoms with Gasteiger partial charge in [-0.3, -0.25) is 4.98 Å². The van der Waals surface area contributed by atoms with Gasteiger partial charge in [-0.2, -0.15) is 4.31 Å². The average Bonchev–Trinajstić information content (AvgIpc) is 2.87. The molecule has 0 saturated carbocycles. The first-order valence-corrected chi connectivity index (χ1v) is 7.83. The Kier molecular flexibility index (Phi) is 4.31. The summed E-state index contributed by atoms with van der Waals surface area (Å²) in [6, 6.07) is 3.69. The van der Waals surface area contributed by atoms with Crippen molar-refractivity contribution in [3.05, 3.63) is 30.1 Å². The van der Waals surface area contributed by atoms with Gasteiger partial charge >= 0.3 is 0 Å². The van der Waals surface area contributed by atoms with E-state index in [-0.39, 0.29) is 11.8 Å². The molecule has 0 radical (unpaired) electrons. The van der Waals surface area contributed by atoms with Crippen LogP contribution in [0.15, 0.2) is 24.5 Å². The van der Waals surface area contributed by atoms with E-state index in [9.17, 15) is 8.42 Å². The Morgan fingerprint density at radius 3 is 2.78 bits per heavy atom. The predicted molar refractivity (Wildman–Crippen MR) is 70.5 cm³/mol. The Hall–Kier alpha value is -0.980. The van der Waals surface area contributed by atoms with Crippen molar-refractivity contribution in [1.29, 1.82) is 0 Å². The summed E-state index contributed by atoms with van der Waals surface area (Å²) in [5.74, 6) is 0.146. The Morgan fingerprint density at radius 2 is 2.11 bits per heavy atom. The predicted octanol–water partition coefficient (Wildman–Crippen LogP) is 0.377. The van der Waals surface area contributed by atoms with Crippen LogP contribution in [0.5, 0.6) is 0 Å². The van der Waals surface area contributed by atoms with Crippen molar-refractivity contribution in [3.63, 3.8) is 0 Å². The Labute approximate surface area is 108 Å². The van der Waals surface area contributed by atoms with Gasteiger partial charge in [0.15, 0.2) is 0 Å². The summed E-state index contributed by atoms with van der Waals surface area (Å²) in [7, 11) is -3.19. The number of sulfonamides is 1. The van der Waals surface area contributed by atoms with Gasteiger partial charge < -0.3 is 5.73 Å². The summed E-state index contributed by atoms with van der Waals surface area (Å²) >= 11 is 0. The number of nitrogens with zero attached hydrogens (tertiary/aromatic N) is 2. The summed E-state index contributed by atoms with van der Waals surface area (Å²) < 4.78 is 26.0. The molecule has 2 heterocycles. The molecule has 0 spiro atoms. The normalized spacial score (nSPS) is 21.3. The van der Waals surface area contributed by atoms with Crippen LogP contribution in [-0.4, -0.2) is 42.6 Å². The lowest BCUT2D eigenvalue weighted by Crippen LogP contribution is -2.41. The van der Waals surface area contributed by atoms with Crippen LogP contribution in [0, 0.1) is 0 Å². The molecular formula is C12H19N3O2S. The van der Waals surface area contributed by atoms with Gasteiger partial charge in [-0.15, -0.1) is 0 Å². The molecule has 1 saturated heterocycles. The molecule has 6 heteroatoms. The van der Waals surface area contributed by atoms with Gasteiger partial charge in [0.2, 0.25) is 10.0 Å². The molecule has 1 aliphatic heterocycles. The monoisotopic (exact) mass is 269 g/mol. The van der Waals surface area contributed by atoms with Crippen molar-refractivity contribution in [2.75, 3.05) is 18.8 Å². The lowest BCUT2D eigenvalue weighted by atomic mass is 10.2. The zero-order valence-corrected chi connectivity index (χ0v) is 11.1. The van der Waals surface area contributed by atoms with Gasteiger partial charge in [-0.1, -0.05) is 0 Å². The third kappa shape index (κ3) is 3.07. The SMILES string of the molecule is NCC1CCCN1S(=O)(=O)CCc1ccncc1. The summed E-state index contributed by atoms with van der Waals surface area (Å²) in [6.07, 6.45) is 5.68. The maximum Gasteiger partial charge on any atom is 0.214 e. The first-order chi connectivity index (χ1) is 8.63. The molecule has 2 N–H and O–H groups in total. The van der Waals surface area contributed by atoms with E-state index in [1.807, 2.05) is 12.1 Å². The van der Waals surface area contributed by atoms with E-state index in [0.717, 1.165) is 18.4 Å². The molecule has 0 aliphatic carbocycles. The van der Waals surface area contributed by atoms with Crippen LogP contribution in [0.25, 0.3) is 0 Å². The minimum Gasteiger partial charge on any atom is -0.329 e. The van der Waals surface area contributed by atoms with Gasteiger partial charge in [0.1, 0.15) is 0 Å². The molecule has 18 heavy (non-hydrogen) atoms. The molecule has 1 aliphatic rings. The third-order valence-corrected chi connectivity index (χ3v) is 5.27. The van der Waals surface area contributed by atoms with Crippen LogP contribution >= 0.6 is 0 Å². The number of pyridine rings is 1. The maximum atomic E-state index is 12.2. The van der Waals surface area contributed by atoms with Crippen molar-refractivity contribution in [2.45, 2.75) is 25.3 Å². The minimum absolute atomic E-state index is 0.00700. The lowest BCUT2D eigenvalue weighted by Gasteiger charge is -2.22. The second-order valence-corrected chi connectivity index (χ2v) is 6.61. The molecule has 1 aromatic rings. The average molecular weight is 269 g/mol. The molecular weight excluding hydrogens is 250 g/mol. The minimum atomic E-state index is -3.19. The number of hydrogen-bond acceptors (Lipinski definition) is 4. The van der Waals surface area contributed by atoms with Gasteiger partial charge in [-0.25, -0.2) is 8.42 Å². The second kappa shape index (κ2) is 5.77. The summed E-state index contributed by atoms with van der Waals surface area (Å²) in [6.45, 7) is 1.02. The van der Waals surface area contributed by atoms with Gasteiger partial charge in [0.05, 0.1) is 5.75 Å². The van der Waals surface area contributed by atoms with Crippen LogP contribution < -0.4 is 5.73 Å². The van der Waals surface area contributed by atoms with Gasteiger partial charge in [0.25, 0.3) is 0 Å². The quantitative estimate of drug-likeness (QED) is 0.838. The Balaban J connectivity index is 1.99. The highest BCUT2D eigenvalue weighted by molar-refractivity contribution is 7.89. The molecule has 2 rings (SSSR count). The lowest BCUT2D eigenvalue weighted by molar-refractivity contribution is 0.393. The van der Waals surface area contributed by atoms with E-state index in [1.54, 1.807) is 16.7 Å². The van der Waals surface area contributed by atoms with E-state index in [4.69, 9.17) is 5.73 Å². The topological polar surface area (TPSA) is 76.3 Å². The molecule has 0 amide bonds. The zero-order chi connectivity index (χ0) is 13.0. The number of nitrogens with two attached hydrogens (primary N) is 1. The fourth-order valence-corrected chi connectivity index (χ4v) is 4.11. The number of hydrogen-bond donors (Lipinski definition) is 1. The molecule has 1 aromatic heterocycles. The molecule has 1 atom stereocenters. The number of aryl methyl sites for hydroxylation is 1. The van der Waals surface area contributed by atoms with Crippen LogP contribution in [0.3, 0.4) is 0 Å². The molecule has 100 valence electrons. The van der Waals surface area contributed by atoms with Gasteiger partial charge in [-0.05, 0) is 37.0 Å². The summed E-state index contributed by atoms with van der Waals surface area (Å²) in [5.41, 5.74) is 6.61. The van der Waals surface area contributed by atoms with E-state index >= 15 is 0 Å². The number of aromatic nitrogens is 1. The third-order valence-electron chi connectivity index (χ3n) is 3.35. The second-order valence-electron chi connectivity index (χ2n) is 4.56. The van der Waals surface area contributed by atoms with Crippen LogP contribution in [0.4, 0.5) is 0 Å². The standard InChI is InChI=1S/C12H19N3O2S/c13-10-12-2-1-8-15(12)18(16,17)9-5-11-3-6-14-7-4-11/h3-4,6-7,12H,1-2,5,8-10,13H2. The van der Waals surface area contributed by atoms with Crippen molar-refractivity contribution in [1.82, 2.24) is 9.29 Å². The molecule has 1 unspecified atom stereocenters. The van der Waals surface area contributed by atoms with Crippen molar-refractivity contribution < 1.29 is 8.42 Å². The molecule has 5 nitrogen and oxygen atoms in total. The largest absolute Gasteiger partial charge is 0.329 e. The van der Waals surface area contributed by atoms with E-state index in [2.05, 4.69) is 4.98 Å². The smallest absolute Gasteiger partial charge is 0.214 e. The van der Waals surface area contributed by atoms with Gasteiger partial charge in [0, 0.05) is 31.5 Å². The van der Waals surface area contributed by atoms with E-state index in [1.165, 1.54) is 0 Å². The van der Waals surface area contributed by atoms with Crippen LogP contribution in [0.2, 0.25) is 0 Å². The molecule has 1 fully saturated rings. The Morgan fingerprint density at radius 1 is 1.39 bits per heavy atom. The highest BCUT2D eigenvalue weighted by Crippen LogP contribution is 2.21. The molecule has 0 aromatic carbocycles. The van der Waals surface area contributed by atoms with Crippen LogP contribution in [-0.2, 0) is 16.4 Å². The van der Waals surface area contributed by atoms with E-state index < -0.39 is 10.0 Å². The van der Waals surface area contributed by atoms with Crippen molar-refractivity contribution in [2.24, 2.45) is 5.73 Å². The number of rotatable bonds is 5. The van der Waals surface area contributed by atoms with Crippen molar-refractivity contribution in [3.8, 4) is 0 Å². The maximum absolute atomic E-state index is 12.2. The Bertz CT molecular complexity index is 475. The fraction of sp³-hybridized carbons (Fsp3) is 0.583. The first kappa shape index (κ1) is 13.5.